The Morgan fingerprint density at radius 3 is 2.50 bits per heavy atom. The molecule has 1 amide bonds. The molecular weight excluding hydrogens is 307 g/mol. The molecule has 1 aromatic carbocycles. The number of amides is 1. The summed E-state index contributed by atoms with van der Waals surface area (Å²) in [5, 5.41) is 3.07. The van der Waals surface area contributed by atoms with Crippen molar-refractivity contribution in [1.29, 1.82) is 0 Å². The van der Waals surface area contributed by atoms with Gasteiger partial charge in [-0.3, -0.25) is 9.78 Å². The average molecular weight is 326 g/mol. The van der Waals surface area contributed by atoms with Crippen molar-refractivity contribution in [3.63, 3.8) is 0 Å². The fraction of sp³-hybridized carbons (Fsp3) is 0.333. The quantitative estimate of drug-likeness (QED) is 0.803. The minimum Gasteiger partial charge on any atom is -0.339 e. The maximum absolute atomic E-state index is 13.1. The van der Waals surface area contributed by atoms with Gasteiger partial charge in [0.15, 0.2) is 0 Å². The van der Waals surface area contributed by atoms with Gasteiger partial charge in [0.05, 0.1) is 11.6 Å². The maximum atomic E-state index is 13.1. The van der Waals surface area contributed by atoms with Gasteiger partial charge >= 0.3 is 0 Å². The summed E-state index contributed by atoms with van der Waals surface area (Å²) in [5.74, 6) is -0.277. The van der Waals surface area contributed by atoms with E-state index in [4.69, 9.17) is 0 Å². The standard InChI is InChI=1S/C18H19FN4O/c19-14-3-1-13(2-4-14)18(7-8-18)17(24)21-16-11-15(22-23-16)12-5-9-20-10-6-12/h1-6,9-10,15-16,22-23H,7-8,11H2,(H,21,24). The summed E-state index contributed by atoms with van der Waals surface area (Å²) in [5.41, 5.74) is 7.86. The third-order valence-corrected chi connectivity index (χ3v) is 4.90. The minimum atomic E-state index is -0.496. The van der Waals surface area contributed by atoms with E-state index in [1.54, 1.807) is 24.5 Å². The van der Waals surface area contributed by atoms with Crippen molar-refractivity contribution in [3.05, 3.63) is 65.7 Å². The molecule has 2 fully saturated rings. The van der Waals surface area contributed by atoms with Crippen molar-refractivity contribution < 1.29 is 9.18 Å². The van der Waals surface area contributed by atoms with Crippen LogP contribution in [0.4, 0.5) is 4.39 Å². The second-order valence-corrected chi connectivity index (χ2v) is 6.47. The molecule has 2 aliphatic rings. The van der Waals surface area contributed by atoms with Crippen molar-refractivity contribution in [2.24, 2.45) is 0 Å². The van der Waals surface area contributed by atoms with Gasteiger partial charge < -0.3 is 5.32 Å². The van der Waals surface area contributed by atoms with Crippen LogP contribution in [0.3, 0.4) is 0 Å². The van der Waals surface area contributed by atoms with Crippen molar-refractivity contribution in [1.82, 2.24) is 21.2 Å². The monoisotopic (exact) mass is 326 g/mol. The number of pyridine rings is 1. The molecule has 2 heterocycles. The van der Waals surface area contributed by atoms with Gasteiger partial charge in [-0.15, -0.1) is 0 Å². The highest BCUT2D eigenvalue weighted by atomic mass is 19.1. The average Bonchev–Trinajstić information content (AvgIpc) is 3.30. The molecule has 2 atom stereocenters. The molecule has 1 aliphatic heterocycles. The van der Waals surface area contributed by atoms with Crippen LogP contribution in [0.5, 0.6) is 0 Å². The highest BCUT2D eigenvalue weighted by Crippen LogP contribution is 2.48. The van der Waals surface area contributed by atoms with Crippen molar-refractivity contribution in [2.45, 2.75) is 36.9 Å². The first kappa shape index (κ1) is 15.2. The van der Waals surface area contributed by atoms with Crippen LogP contribution in [0.25, 0.3) is 0 Å². The summed E-state index contributed by atoms with van der Waals surface area (Å²) in [6.07, 6.45) is 5.76. The van der Waals surface area contributed by atoms with E-state index in [0.29, 0.717) is 0 Å². The summed E-state index contributed by atoms with van der Waals surface area (Å²) in [6.45, 7) is 0. The molecule has 124 valence electrons. The van der Waals surface area contributed by atoms with Crippen molar-refractivity contribution in [3.8, 4) is 0 Å². The Kier molecular flexibility index (Phi) is 3.78. The zero-order chi connectivity index (χ0) is 16.6. The number of aromatic nitrogens is 1. The molecule has 3 N–H and O–H groups in total. The minimum absolute atomic E-state index is 0.00351. The molecule has 2 unspecified atom stereocenters. The van der Waals surface area contributed by atoms with Crippen LogP contribution in [0, 0.1) is 5.82 Å². The molecule has 6 heteroatoms. The third kappa shape index (κ3) is 2.79. The Bertz CT molecular complexity index is 730. The predicted molar refractivity (Wildman–Crippen MR) is 87.1 cm³/mol. The van der Waals surface area contributed by atoms with E-state index in [-0.39, 0.29) is 23.9 Å². The van der Waals surface area contributed by atoms with Crippen molar-refractivity contribution >= 4 is 5.91 Å². The second kappa shape index (κ2) is 5.96. The largest absolute Gasteiger partial charge is 0.339 e. The smallest absolute Gasteiger partial charge is 0.231 e. The Morgan fingerprint density at radius 1 is 1.12 bits per heavy atom. The highest BCUT2D eigenvalue weighted by molar-refractivity contribution is 5.91. The Labute approximate surface area is 139 Å². The fourth-order valence-electron chi connectivity index (χ4n) is 3.30. The van der Waals surface area contributed by atoms with Crippen LogP contribution < -0.4 is 16.2 Å². The van der Waals surface area contributed by atoms with Gasteiger partial charge in [0.25, 0.3) is 0 Å². The molecule has 0 bridgehead atoms. The van der Waals surface area contributed by atoms with Gasteiger partial charge in [-0.05, 0) is 48.2 Å². The summed E-state index contributed by atoms with van der Waals surface area (Å²) < 4.78 is 13.1. The van der Waals surface area contributed by atoms with E-state index < -0.39 is 5.41 Å². The van der Waals surface area contributed by atoms with Crippen LogP contribution in [0.1, 0.15) is 36.4 Å². The lowest BCUT2D eigenvalue weighted by molar-refractivity contribution is -0.124. The Morgan fingerprint density at radius 2 is 1.83 bits per heavy atom. The molecule has 1 aromatic heterocycles. The van der Waals surface area contributed by atoms with Crippen LogP contribution in [-0.4, -0.2) is 17.1 Å². The van der Waals surface area contributed by atoms with E-state index in [2.05, 4.69) is 21.2 Å². The Hall–Kier alpha value is -2.31. The van der Waals surface area contributed by atoms with Gasteiger partial charge in [0.1, 0.15) is 5.82 Å². The molecule has 24 heavy (non-hydrogen) atoms. The maximum Gasteiger partial charge on any atom is 0.231 e. The topological polar surface area (TPSA) is 66.0 Å². The summed E-state index contributed by atoms with van der Waals surface area (Å²) >= 11 is 0. The van der Waals surface area contributed by atoms with Crippen molar-refractivity contribution in [2.75, 3.05) is 0 Å². The summed E-state index contributed by atoms with van der Waals surface area (Å²) in [4.78, 5) is 16.7. The second-order valence-electron chi connectivity index (χ2n) is 6.47. The summed E-state index contributed by atoms with van der Waals surface area (Å²) in [7, 11) is 0. The van der Waals surface area contributed by atoms with Crippen LogP contribution >= 0.6 is 0 Å². The number of hydrogen-bond donors (Lipinski definition) is 3. The molecule has 4 rings (SSSR count). The van der Waals surface area contributed by atoms with Gasteiger partial charge in [-0.1, -0.05) is 12.1 Å². The first-order valence-electron chi connectivity index (χ1n) is 8.15. The molecule has 0 spiro atoms. The van der Waals surface area contributed by atoms with E-state index in [9.17, 15) is 9.18 Å². The fourth-order valence-corrected chi connectivity index (χ4v) is 3.30. The van der Waals surface area contributed by atoms with E-state index in [1.165, 1.54) is 12.1 Å². The molecule has 1 saturated heterocycles. The predicted octanol–water partition coefficient (Wildman–Crippen LogP) is 1.93. The lowest BCUT2D eigenvalue weighted by Crippen LogP contribution is -2.47. The molecule has 1 aliphatic carbocycles. The molecular formula is C18H19FN4O. The first-order valence-corrected chi connectivity index (χ1v) is 8.15. The number of nitrogens with zero attached hydrogens (tertiary/aromatic N) is 1. The van der Waals surface area contributed by atoms with Gasteiger partial charge in [0, 0.05) is 24.9 Å². The molecule has 5 nitrogen and oxygen atoms in total. The zero-order valence-electron chi connectivity index (χ0n) is 13.1. The number of hydrazine groups is 1. The van der Waals surface area contributed by atoms with Crippen LogP contribution in [-0.2, 0) is 10.2 Å². The van der Waals surface area contributed by atoms with E-state index in [1.807, 2.05) is 12.1 Å². The number of rotatable bonds is 4. The normalized spacial score (nSPS) is 24.5. The number of benzene rings is 1. The number of nitrogens with one attached hydrogen (secondary N) is 3. The first-order chi connectivity index (χ1) is 11.7. The number of hydrogen-bond acceptors (Lipinski definition) is 4. The van der Waals surface area contributed by atoms with Gasteiger partial charge in [-0.2, -0.15) is 0 Å². The Balaban J connectivity index is 1.41. The van der Waals surface area contributed by atoms with Gasteiger partial charge in [-0.25, -0.2) is 15.2 Å². The van der Waals surface area contributed by atoms with E-state index >= 15 is 0 Å². The lowest BCUT2D eigenvalue weighted by atomic mass is 9.94. The molecule has 2 aromatic rings. The third-order valence-electron chi connectivity index (χ3n) is 4.90. The number of halogens is 1. The number of carbonyl (C=O) groups is 1. The highest BCUT2D eigenvalue weighted by Gasteiger charge is 2.51. The summed E-state index contributed by atoms with van der Waals surface area (Å²) in [6, 6.07) is 10.3. The van der Waals surface area contributed by atoms with Crippen LogP contribution in [0.2, 0.25) is 0 Å². The SMILES string of the molecule is O=C(NC1CC(c2ccncc2)NN1)C1(c2ccc(F)cc2)CC1. The van der Waals surface area contributed by atoms with E-state index in [0.717, 1.165) is 30.4 Å². The number of carbonyl (C=O) groups excluding carboxylic acids is 1. The molecule has 1 saturated carbocycles. The zero-order valence-corrected chi connectivity index (χ0v) is 13.1. The molecule has 0 radical (unpaired) electrons. The van der Waals surface area contributed by atoms with Gasteiger partial charge in [0.2, 0.25) is 5.91 Å². The lowest BCUT2D eigenvalue weighted by Gasteiger charge is -2.19. The van der Waals surface area contributed by atoms with Crippen LogP contribution in [0.15, 0.2) is 48.8 Å².